The Morgan fingerprint density at radius 1 is 1.58 bits per heavy atom. The molecule has 1 aromatic carbocycles. The van der Waals surface area contributed by atoms with Crippen LogP contribution in [0, 0.1) is 5.92 Å². The van der Waals surface area contributed by atoms with Gasteiger partial charge in [-0.05, 0) is 25.5 Å². The molecule has 1 aromatic rings. The summed E-state index contributed by atoms with van der Waals surface area (Å²) in [6.07, 6.45) is 0.935. The Kier molecular flexibility index (Phi) is 4.76. The molecule has 1 heterocycles. The fourth-order valence-corrected chi connectivity index (χ4v) is 2.08. The summed E-state index contributed by atoms with van der Waals surface area (Å²) in [5.74, 6) is 0.642. The highest BCUT2D eigenvalue weighted by molar-refractivity contribution is 5.93. The summed E-state index contributed by atoms with van der Waals surface area (Å²) >= 11 is 0. The van der Waals surface area contributed by atoms with Crippen LogP contribution in [0.2, 0.25) is 0 Å². The molecule has 5 nitrogen and oxygen atoms in total. The average molecular weight is 264 g/mol. The first kappa shape index (κ1) is 13.8. The molecule has 0 radical (unpaired) electrons. The molecule has 0 bridgehead atoms. The molecular weight excluding hydrogens is 244 g/mol. The van der Waals surface area contributed by atoms with Gasteiger partial charge in [-0.3, -0.25) is 4.79 Å². The van der Waals surface area contributed by atoms with Gasteiger partial charge in [0, 0.05) is 18.3 Å². The van der Waals surface area contributed by atoms with E-state index in [2.05, 4.69) is 5.32 Å². The summed E-state index contributed by atoms with van der Waals surface area (Å²) < 4.78 is 10.8. The minimum Gasteiger partial charge on any atom is -0.492 e. The maximum absolute atomic E-state index is 12.0. The van der Waals surface area contributed by atoms with E-state index in [0.717, 1.165) is 12.1 Å². The highest BCUT2D eigenvalue weighted by Crippen LogP contribution is 2.22. The van der Waals surface area contributed by atoms with Gasteiger partial charge in [0.1, 0.15) is 12.4 Å². The van der Waals surface area contributed by atoms with Crippen LogP contribution < -0.4 is 15.8 Å². The van der Waals surface area contributed by atoms with Crippen molar-refractivity contribution in [2.24, 2.45) is 11.7 Å². The van der Waals surface area contributed by atoms with Crippen LogP contribution in [0.15, 0.2) is 24.3 Å². The average Bonchev–Trinajstić information content (AvgIpc) is 2.83. The second-order valence-electron chi connectivity index (χ2n) is 4.73. The third-order valence-corrected chi connectivity index (χ3v) is 3.06. The first-order valence-corrected chi connectivity index (χ1v) is 6.54. The largest absolute Gasteiger partial charge is 0.492 e. The van der Waals surface area contributed by atoms with Crippen LogP contribution in [0.1, 0.15) is 13.3 Å². The van der Waals surface area contributed by atoms with Gasteiger partial charge in [0.15, 0.2) is 0 Å². The molecule has 19 heavy (non-hydrogen) atoms. The van der Waals surface area contributed by atoms with Crippen LogP contribution in [0.25, 0.3) is 0 Å². The highest BCUT2D eigenvalue weighted by atomic mass is 16.5. The summed E-state index contributed by atoms with van der Waals surface area (Å²) in [4.78, 5) is 12.0. The van der Waals surface area contributed by atoms with E-state index < -0.39 is 0 Å². The van der Waals surface area contributed by atoms with Gasteiger partial charge in [-0.25, -0.2) is 0 Å². The van der Waals surface area contributed by atoms with Gasteiger partial charge in [-0.15, -0.1) is 0 Å². The molecule has 1 saturated heterocycles. The predicted molar refractivity (Wildman–Crippen MR) is 73.1 cm³/mol. The van der Waals surface area contributed by atoms with Crippen LogP contribution in [0.4, 0.5) is 5.69 Å². The number of hydrogen-bond donors (Lipinski definition) is 2. The number of nitrogens with two attached hydrogens (primary N) is 1. The first-order chi connectivity index (χ1) is 9.19. The molecule has 3 N–H and O–H groups in total. The van der Waals surface area contributed by atoms with Crippen molar-refractivity contribution in [2.45, 2.75) is 19.4 Å². The summed E-state index contributed by atoms with van der Waals surface area (Å²) in [6.45, 7) is 3.41. The van der Waals surface area contributed by atoms with Crippen LogP contribution in [0.5, 0.6) is 5.75 Å². The normalized spacial score (nSPS) is 22.2. The van der Waals surface area contributed by atoms with E-state index >= 15 is 0 Å². The molecule has 2 rings (SSSR count). The maximum Gasteiger partial charge on any atom is 0.229 e. The van der Waals surface area contributed by atoms with Crippen LogP contribution >= 0.6 is 0 Å². The SMILES string of the molecule is CC1CC(C(=O)Nc2cccc(OCCN)c2)CO1. The standard InChI is InChI=1S/C14H20N2O3/c1-10-7-11(9-19-10)14(17)16-12-3-2-4-13(8-12)18-6-5-15/h2-4,8,10-11H,5-7,9,15H2,1H3,(H,16,17). The van der Waals surface area contributed by atoms with E-state index in [4.69, 9.17) is 15.2 Å². The molecular formula is C14H20N2O3. The second kappa shape index (κ2) is 6.54. The molecule has 2 atom stereocenters. The van der Waals surface area contributed by atoms with Crippen molar-refractivity contribution in [1.29, 1.82) is 0 Å². The molecule has 2 unspecified atom stereocenters. The minimum atomic E-state index is -0.0661. The van der Waals surface area contributed by atoms with E-state index in [0.29, 0.717) is 25.5 Å². The Hall–Kier alpha value is -1.59. The Balaban J connectivity index is 1.93. The van der Waals surface area contributed by atoms with Crippen molar-refractivity contribution >= 4 is 11.6 Å². The summed E-state index contributed by atoms with van der Waals surface area (Å²) in [5.41, 5.74) is 6.12. The zero-order valence-corrected chi connectivity index (χ0v) is 11.1. The number of rotatable bonds is 5. The van der Waals surface area contributed by atoms with E-state index in [-0.39, 0.29) is 17.9 Å². The van der Waals surface area contributed by atoms with E-state index in [1.807, 2.05) is 25.1 Å². The smallest absolute Gasteiger partial charge is 0.229 e. The molecule has 1 fully saturated rings. The van der Waals surface area contributed by atoms with E-state index in [9.17, 15) is 4.79 Å². The molecule has 1 aliphatic heterocycles. The maximum atomic E-state index is 12.0. The van der Waals surface area contributed by atoms with Crippen molar-refractivity contribution < 1.29 is 14.3 Å². The van der Waals surface area contributed by atoms with Crippen molar-refractivity contribution in [3.05, 3.63) is 24.3 Å². The topological polar surface area (TPSA) is 73.6 Å². The lowest BCUT2D eigenvalue weighted by Gasteiger charge is -2.11. The molecule has 104 valence electrons. The quantitative estimate of drug-likeness (QED) is 0.842. The number of benzene rings is 1. The third-order valence-electron chi connectivity index (χ3n) is 3.06. The molecule has 0 saturated carbocycles. The first-order valence-electron chi connectivity index (χ1n) is 6.54. The number of hydrogen-bond acceptors (Lipinski definition) is 4. The molecule has 1 amide bonds. The number of nitrogens with one attached hydrogen (secondary N) is 1. The van der Waals surface area contributed by atoms with Gasteiger partial charge in [0.05, 0.1) is 18.6 Å². The third kappa shape index (κ3) is 3.94. The van der Waals surface area contributed by atoms with E-state index in [1.54, 1.807) is 6.07 Å². The summed E-state index contributed by atoms with van der Waals surface area (Å²) in [5, 5.41) is 2.89. The summed E-state index contributed by atoms with van der Waals surface area (Å²) in [7, 11) is 0. The fourth-order valence-electron chi connectivity index (χ4n) is 2.08. The van der Waals surface area contributed by atoms with Crippen molar-refractivity contribution in [2.75, 3.05) is 25.1 Å². The Bertz CT molecular complexity index is 436. The lowest BCUT2D eigenvalue weighted by atomic mass is 10.1. The number of ether oxygens (including phenoxy) is 2. The van der Waals surface area contributed by atoms with Crippen molar-refractivity contribution in [3.8, 4) is 5.75 Å². The molecule has 0 spiro atoms. The Labute approximate surface area is 113 Å². The van der Waals surface area contributed by atoms with Gasteiger partial charge < -0.3 is 20.5 Å². The predicted octanol–water partition coefficient (Wildman–Crippen LogP) is 1.39. The van der Waals surface area contributed by atoms with Crippen LogP contribution in [-0.2, 0) is 9.53 Å². The number of carbonyl (C=O) groups is 1. The molecule has 5 heteroatoms. The molecule has 0 aromatic heterocycles. The van der Waals surface area contributed by atoms with Gasteiger partial charge in [-0.2, -0.15) is 0 Å². The van der Waals surface area contributed by atoms with Crippen molar-refractivity contribution in [1.82, 2.24) is 0 Å². The highest BCUT2D eigenvalue weighted by Gasteiger charge is 2.28. The molecule has 0 aliphatic carbocycles. The lowest BCUT2D eigenvalue weighted by molar-refractivity contribution is -0.119. The minimum absolute atomic E-state index is 0.000301. The number of carbonyl (C=O) groups excluding carboxylic acids is 1. The fraction of sp³-hybridized carbons (Fsp3) is 0.500. The van der Waals surface area contributed by atoms with E-state index in [1.165, 1.54) is 0 Å². The van der Waals surface area contributed by atoms with Gasteiger partial charge >= 0.3 is 0 Å². The van der Waals surface area contributed by atoms with Crippen LogP contribution in [-0.4, -0.2) is 31.8 Å². The second-order valence-corrected chi connectivity index (χ2v) is 4.73. The van der Waals surface area contributed by atoms with Gasteiger partial charge in [0.25, 0.3) is 0 Å². The van der Waals surface area contributed by atoms with Gasteiger partial charge in [0.2, 0.25) is 5.91 Å². The Morgan fingerprint density at radius 3 is 3.11 bits per heavy atom. The zero-order valence-electron chi connectivity index (χ0n) is 11.1. The Morgan fingerprint density at radius 2 is 2.42 bits per heavy atom. The number of amides is 1. The monoisotopic (exact) mass is 264 g/mol. The van der Waals surface area contributed by atoms with Gasteiger partial charge in [-0.1, -0.05) is 6.07 Å². The molecule has 1 aliphatic rings. The lowest BCUT2D eigenvalue weighted by Crippen LogP contribution is -2.23. The number of anilines is 1. The van der Waals surface area contributed by atoms with Crippen molar-refractivity contribution in [3.63, 3.8) is 0 Å². The van der Waals surface area contributed by atoms with Crippen LogP contribution in [0.3, 0.4) is 0 Å². The zero-order chi connectivity index (χ0) is 13.7. The summed E-state index contributed by atoms with van der Waals surface area (Å²) in [6, 6.07) is 7.32.